The maximum Gasteiger partial charge on any atom is 0.241 e. The Morgan fingerprint density at radius 1 is 1.53 bits per heavy atom. The van der Waals surface area contributed by atoms with E-state index in [0.29, 0.717) is 11.6 Å². The number of anilines is 1. The maximum atomic E-state index is 13.7. The van der Waals surface area contributed by atoms with Gasteiger partial charge in [0, 0.05) is 0 Å². The number of carbonyl (C=O) groups is 1. The molecule has 2 N–H and O–H groups in total. The van der Waals surface area contributed by atoms with Crippen LogP contribution < -0.4 is 10.6 Å². The lowest BCUT2D eigenvalue weighted by atomic mass is 9.90. The largest absolute Gasteiger partial charge is 0.322 e. The third-order valence-corrected chi connectivity index (χ3v) is 3.88. The Morgan fingerprint density at radius 3 is 3.00 bits per heavy atom. The SMILES string of the molecule is CCC1CCNC(C(=O)Nc2c(C)cccc2F)C1. The molecular formula is C15H21FN2O. The molecule has 19 heavy (non-hydrogen) atoms. The first-order chi connectivity index (χ1) is 9.11. The number of amides is 1. The van der Waals surface area contributed by atoms with Gasteiger partial charge in [-0.1, -0.05) is 25.5 Å². The molecule has 2 rings (SSSR count). The Kier molecular flexibility index (Phi) is 4.53. The van der Waals surface area contributed by atoms with Crippen molar-refractivity contribution in [3.05, 3.63) is 29.6 Å². The van der Waals surface area contributed by atoms with Crippen molar-refractivity contribution in [1.82, 2.24) is 5.32 Å². The molecule has 1 aromatic rings. The molecule has 104 valence electrons. The summed E-state index contributed by atoms with van der Waals surface area (Å²) >= 11 is 0. The van der Waals surface area contributed by atoms with Gasteiger partial charge in [-0.2, -0.15) is 0 Å². The molecule has 0 aliphatic carbocycles. The van der Waals surface area contributed by atoms with Crippen LogP contribution in [-0.2, 0) is 4.79 Å². The van der Waals surface area contributed by atoms with Crippen molar-refractivity contribution in [3.63, 3.8) is 0 Å². The quantitative estimate of drug-likeness (QED) is 0.881. The summed E-state index contributed by atoms with van der Waals surface area (Å²) in [6.45, 7) is 4.79. The lowest BCUT2D eigenvalue weighted by molar-refractivity contribution is -0.119. The van der Waals surface area contributed by atoms with E-state index < -0.39 is 0 Å². The third kappa shape index (κ3) is 3.32. The Bertz CT molecular complexity index is 441. The molecule has 0 aromatic heterocycles. The summed E-state index contributed by atoms with van der Waals surface area (Å²) in [7, 11) is 0. The Hall–Kier alpha value is -1.42. The lowest BCUT2D eigenvalue weighted by Crippen LogP contribution is -2.46. The second kappa shape index (κ2) is 6.15. The minimum Gasteiger partial charge on any atom is -0.322 e. The average Bonchev–Trinajstić information content (AvgIpc) is 2.43. The number of carbonyl (C=O) groups excluding carboxylic acids is 1. The highest BCUT2D eigenvalue weighted by molar-refractivity contribution is 5.95. The van der Waals surface area contributed by atoms with Crippen LogP contribution in [0.2, 0.25) is 0 Å². The van der Waals surface area contributed by atoms with Crippen LogP contribution in [0.3, 0.4) is 0 Å². The van der Waals surface area contributed by atoms with Gasteiger partial charge in [-0.05, 0) is 43.9 Å². The van der Waals surface area contributed by atoms with Gasteiger partial charge < -0.3 is 10.6 Å². The fraction of sp³-hybridized carbons (Fsp3) is 0.533. The van der Waals surface area contributed by atoms with Crippen molar-refractivity contribution in [2.45, 2.75) is 39.2 Å². The summed E-state index contributed by atoms with van der Waals surface area (Å²) in [5.74, 6) is 0.0706. The number of aryl methyl sites for hydroxylation is 1. The van der Waals surface area contributed by atoms with Crippen LogP contribution in [0.1, 0.15) is 31.7 Å². The predicted octanol–water partition coefficient (Wildman–Crippen LogP) is 2.85. The van der Waals surface area contributed by atoms with Crippen LogP contribution in [0.4, 0.5) is 10.1 Å². The van der Waals surface area contributed by atoms with Crippen LogP contribution >= 0.6 is 0 Å². The number of hydrogen-bond donors (Lipinski definition) is 2. The Labute approximate surface area is 113 Å². The Morgan fingerprint density at radius 2 is 2.32 bits per heavy atom. The number of halogens is 1. The van der Waals surface area contributed by atoms with Gasteiger partial charge in [0.2, 0.25) is 5.91 Å². The second-order valence-electron chi connectivity index (χ2n) is 5.23. The molecule has 2 unspecified atom stereocenters. The molecule has 0 bridgehead atoms. The highest BCUT2D eigenvalue weighted by Gasteiger charge is 2.26. The highest BCUT2D eigenvalue weighted by Crippen LogP contribution is 2.22. The van der Waals surface area contributed by atoms with Crippen LogP contribution in [0, 0.1) is 18.7 Å². The molecule has 1 aliphatic heterocycles. The maximum absolute atomic E-state index is 13.7. The Balaban J connectivity index is 2.04. The molecule has 0 saturated carbocycles. The van der Waals surface area contributed by atoms with Crippen LogP contribution in [-0.4, -0.2) is 18.5 Å². The third-order valence-electron chi connectivity index (χ3n) is 3.88. The summed E-state index contributed by atoms with van der Waals surface area (Å²) in [6.07, 6.45) is 3.03. The van der Waals surface area contributed by atoms with Gasteiger partial charge in [0.1, 0.15) is 5.82 Å². The van der Waals surface area contributed by atoms with E-state index in [2.05, 4.69) is 17.6 Å². The monoisotopic (exact) mass is 264 g/mol. The number of benzene rings is 1. The molecule has 1 fully saturated rings. The van der Waals surface area contributed by atoms with E-state index in [1.807, 2.05) is 0 Å². The number of hydrogen-bond acceptors (Lipinski definition) is 2. The van der Waals surface area contributed by atoms with Crippen molar-refractivity contribution in [2.75, 3.05) is 11.9 Å². The summed E-state index contributed by atoms with van der Waals surface area (Å²) in [5, 5.41) is 5.92. The summed E-state index contributed by atoms with van der Waals surface area (Å²) in [5.41, 5.74) is 1.05. The summed E-state index contributed by atoms with van der Waals surface area (Å²) in [4.78, 5) is 12.2. The molecule has 4 heteroatoms. The summed E-state index contributed by atoms with van der Waals surface area (Å²) < 4.78 is 13.7. The van der Waals surface area contributed by atoms with Gasteiger partial charge in [-0.15, -0.1) is 0 Å². The van der Waals surface area contributed by atoms with Crippen molar-refractivity contribution in [2.24, 2.45) is 5.92 Å². The fourth-order valence-electron chi connectivity index (χ4n) is 2.57. The molecule has 2 atom stereocenters. The van der Waals surface area contributed by atoms with Gasteiger partial charge in [-0.25, -0.2) is 4.39 Å². The van der Waals surface area contributed by atoms with E-state index in [1.54, 1.807) is 19.1 Å². The fourth-order valence-corrected chi connectivity index (χ4v) is 2.57. The van der Waals surface area contributed by atoms with Crippen molar-refractivity contribution >= 4 is 11.6 Å². The van der Waals surface area contributed by atoms with Crippen LogP contribution in [0.15, 0.2) is 18.2 Å². The first-order valence-corrected chi connectivity index (χ1v) is 6.91. The standard InChI is InChI=1S/C15H21FN2O/c1-3-11-7-8-17-13(9-11)15(19)18-14-10(2)5-4-6-12(14)16/h4-6,11,13,17H,3,7-9H2,1-2H3,(H,18,19). The zero-order valence-corrected chi connectivity index (χ0v) is 11.5. The number of nitrogens with one attached hydrogen (secondary N) is 2. The first-order valence-electron chi connectivity index (χ1n) is 6.91. The van der Waals surface area contributed by atoms with E-state index in [1.165, 1.54) is 6.07 Å². The molecule has 1 aromatic carbocycles. The van der Waals surface area contributed by atoms with Gasteiger partial charge in [0.05, 0.1) is 11.7 Å². The van der Waals surface area contributed by atoms with E-state index in [0.717, 1.165) is 31.4 Å². The topological polar surface area (TPSA) is 41.1 Å². The second-order valence-corrected chi connectivity index (χ2v) is 5.23. The predicted molar refractivity (Wildman–Crippen MR) is 74.6 cm³/mol. The molecule has 0 radical (unpaired) electrons. The molecule has 3 nitrogen and oxygen atoms in total. The highest BCUT2D eigenvalue weighted by atomic mass is 19.1. The van der Waals surface area contributed by atoms with Gasteiger partial charge in [0.25, 0.3) is 0 Å². The lowest BCUT2D eigenvalue weighted by Gasteiger charge is -2.29. The van der Waals surface area contributed by atoms with E-state index >= 15 is 0 Å². The van der Waals surface area contributed by atoms with Crippen molar-refractivity contribution < 1.29 is 9.18 Å². The number of piperidine rings is 1. The molecule has 1 saturated heterocycles. The van der Waals surface area contributed by atoms with E-state index in [-0.39, 0.29) is 17.8 Å². The molecule has 1 aliphatic rings. The molecule has 1 heterocycles. The zero-order chi connectivity index (χ0) is 13.8. The van der Waals surface area contributed by atoms with Gasteiger partial charge in [0.15, 0.2) is 0 Å². The first kappa shape index (κ1) is 14.0. The van der Waals surface area contributed by atoms with Gasteiger partial charge in [-0.3, -0.25) is 4.79 Å². The molecule has 0 spiro atoms. The van der Waals surface area contributed by atoms with E-state index in [9.17, 15) is 9.18 Å². The number of rotatable bonds is 3. The average molecular weight is 264 g/mol. The minimum atomic E-state index is -0.379. The minimum absolute atomic E-state index is 0.133. The smallest absolute Gasteiger partial charge is 0.241 e. The summed E-state index contributed by atoms with van der Waals surface area (Å²) in [6, 6.07) is 4.59. The molecular weight excluding hydrogens is 243 g/mol. The van der Waals surface area contributed by atoms with Crippen LogP contribution in [0.5, 0.6) is 0 Å². The van der Waals surface area contributed by atoms with Gasteiger partial charge >= 0.3 is 0 Å². The van der Waals surface area contributed by atoms with Crippen molar-refractivity contribution in [3.8, 4) is 0 Å². The normalized spacial score (nSPS) is 23.1. The zero-order valence-electron chi connectivity index (χ0n) is 11.5. The van der Waals surface area contributed by atoms with Crippen molar-refractivity contribution in [1.29, 1.82) is 0 Å². The molecule has 1 amide bonds. The number of para-hydroxylation sites is 1. The van der Waals surface area contributed by atoms with E-state index in [4.69, 9.17) is 0 Å². The van der Waals surface area contributed by atoms with Crippen LogP contribution in [0.25, 0.3) is 0 Å².